The van der Waals surface area contributed by atoms with E-state index in [1.807, 2.05) is 0 Å². The van der Waals surface area contributed by atoms with E-state index < -0.39 is 64.4 Å². The number of ketones is 4. The van der Waals surface area contributed by atoms with Crippen LogP contribution in [0.3, 0.4) is 0 Å². The number of carbonyl (C=O) groups is 5. The zero-order valence-electron chi connectivity index (χ0n) is 21.9. The lowest BCUT2D eigenvalue weighted by molar-refractivity contribution is -0.181. The Bertz CT molecular complexity index is 1330. The topological polar surface area (TPSA) is 182 Å². The van der Waals surface area contributed by atoms with Crippen molar-refractivity contribution in [3.05, 3.63) is 28.8 Å². The minimum absolute atomic E-state index is 0.00556. The predicted octanol–water partition coefficient (Wildman–Crippen LogP) is -0.397. The highest BCUT2D eigenvalue weighted by molar-refractivity contribution is 6.32. The van der Waals surface area contributed by atoms with E-state index in [1.165, 1.54) is 11.0 Å². The zero-order valence-corrected chi connectivity index (χ0v) is 21.9. The second-order valence-corrected chi connectivity index (χ2v) is 11.6. The maximum absolute atomic E-state index is 13.9. The number of aliphatic hydroxyl groups is 1. The van der Waals surface area contributed by atoms with Gasteiger partial charge in [0.1, 0.15) is 5.75 Å². The van der Waals surface area contributed by atoms with Gasteiger partial charge in [0.05, 0.1) is 23.6 Å². The Morgan fingerprint density at radius 3 is 2.44 bits per heavy atom. The largest absolute Gasteiger partial charge is 0.507 e. The molecule has 1 aliphatic heterocycles. The van der Waals surface area contributed by atoms with Gasteiger partial charge in [-0.1, -0.05) is 6.07 Å². The number of phenolic OH excluding ortho intramolecular Hbond substituents is 1. The Labute approximate surface area is 225 Å². The quantitative estimate of drug-likeness (QED) is 0.428. The monoisotopic (exact) mass is 536 g/mol. The number of carbonyl (C=O) groups excluding carboxylic acids is 5. The van der Waals surface area contributed by atoms with Crippen molar-refractivity contribution in [3.63, 3.8) is 0 Å². The molecule has 0 bridgehead atoms. The minimum Gasteiger partial charge on any atom is -0.507 e. The first kappa shape index (κ1) is 27.1. The van der Waals surface area contributed by atoms with Gasteiger partial charge in [0.2, 0.25) is 5.91 Å². The van der Waals surface area contributed by atoms with Gasteiger partial charge in [-0.15, -0.1) is 0 Å². The molecule has 0 spiro atoms. The molecule has 1 heterocycles. The van der Waals surface area contributed by atoms with E-state index in [0.717, 1.165) is 31.5 Å². The Balaban J connectivity index is 1.54. The fourth-order valence-corrected chi connectivity index (χ4v) is 7.28. The van der Waals surface area contributed by atoms with Gasteiger partial charge >= 0.3 is 0 Å². The third-order valence-electron chi connectivity index (χ3n) is 9.21. The number of benzene rings is 1. The van der Waals surface area contributed by atoms with Gasteiger partial charge in [-0.05, 0) is 76.0 Å². The molecule has 206 valence electrons. The van der Waals surface area contributed by atoms with E-state index in [2.05, 4.69) is 11.0 Å². The molecule has 1 amide bonds. The molecule has 0 aromatic heterocycles. The fourth-order valence-electron chi connectivity index (χ4n) is 7.28. The highest BCUT2D eigenvalue weighted by atomic mass is 16.3. The molecular weight excluding hydrogens is 504 g/mol. The number of rotatable bonds is 4. The molecule has 0 radical (unpaired) electrons. The summed E-state index contributed by atoms with van der Waals surface area (Å²) in [6.07, 6.45) is 1.75. The third-order valence-corrected chi connectivity index (χ3v) is 9.21. The summed E-state index contributed by atoms with van der Waals surface area (Å²) in [6.45, 7) is 1.94. The number of primary amides is 1. The molecule has 3 aliphatic carbocycles. The molecule has 1 aromatic carbocycles. The summed E-state index contributed by atoms with van der Waals surface area (Å²) in [5.41, 5.74) is 4.07. The number of likely N-dealkylation sites (tertiary alicyclic amines) is 1. The van der Waals surface area contributed by atoms with Crippen molar-refractivity contribution >= 4 is 29.0 Å². The molecule has 11 heteroatoms. The summed E-state index contributed by atoms with van der Waals surface area (Å²) in [4.78, 5) is 69.9. The maximum Gasteiger partial charge on any atom is 0.235 e. The number of piperidine rings is 1. The van der Waals surface area contributed by atoms with E-state index in [9.17, 15) is 39.4 Å². The molecule has 2 saturated carbocycles. The van der Waals surface area contributed by atoms with Gasteiger partial charge in [0.15, 0.2) is 34.7 Å². The lowest BCUT2D eigenvalue weighted by atomic mass is 9.52. The van der Waals surface area contributed by atoms with Crippen LogP contribution in [0, 0.1) is 40.9 Å². The number of fused-ring (bicyclic) bond motifs is 3. The third kappa shape index (κ3) is 4.01. The van der Waals surface area contributed by atoms with Gasteiger partial charge in [0.25, 0.3) is 0 Å². The first-order chi connectivity index (χ1) is 18.4. The highest BCUT2D eigenvalue weighted by Gasteiger charge is 2.69. The van der Waals surface area contributed by atoms with Crippen LogP contribution in [0.4, 0.5) is 0 Å². The first-order valence-electron chi connectivity index (χ1n) is 13.2. The van der Waals surface area contributed by atoms with Crippen LogP contribution >= 0.6 is 0 Å². The minimum atomic E-state index is -2.73. The molecule has 5 rings (SSSR count). The fraction of sp³-hybridized carbons (Fsp3) is 0.571. The number of hydrogen-bond donors (Lipinski definition) is 3. The van der Waals surface area contributed by atoms with Crippen LogP contribution in [0.2, 0.25) is 0 Å². The average Bonchev–Trinajstić information content (AvgIpc) is 2.88. The highest BCUT2D eigenvalue weighted by Crippen LogP contribution is 2.51. The number of nitrogens with zero attached hydrogens (tertiary/aromatic N) is 3. The van der Waals surface area contributed by atoms with Gasteiger partial charge in [-0.3, -0.25) is 33.8 Å². The molecule has 4 aliphatic rings. The standard InChI is InChI=1S/C28H32N4O7/c1-31(2)22-17-10-15-9-16-14(12-32-7-5-13(11-29)6-8-32)3-4-18(33)20(16)23(34)19(15)25(36)28(17,39)26(37)21(24(22)35)27(30)38/h3-4,13,15,17,19,21-22,33,39H,5-10,12H2,1-2H3,(H2,30,38)/t15-,17-,19?,21?,22-,28-/m0/s1. The van der Waals surface area contributed by atoms with E-state index in [-0.39, 0.29) is 30.1 Å². The Kier molecular flexibility index (Phi) is 6.69. The van der Waals surface area contributed by atoms with E-state index in [1.54, 1.807) is 20.2 Å². The van der Waals surface area contributed by atoms with Crippen LogP contribution in [-0.4, -0.2) is 87.9 Å². The van der Waals surface area contributed by atoms with Crippen molar-refractivity contribution in [3.8, 4) is 11.8 Å². The average molecular weight is 537 g/mol. The smallest absolute Gasteiger partial charge is 0.235 e. The summed E-state index contributed by atoms with van der Waals surface area (Å²) in [6, 6.07) is 4.35. The van der Waals surface area contributed by atoms with Gasteiger partial charge in [0, 0.05) is 18.4 Å². The van der Waals surface area contributed by atoms with E-state index >= 15 is 0 Å². The van der Waals surface area contributed by atoms with Crippen LogP contribution in [-0.2, 0) is 32.1 Å². The van der Waals surface area contributed by atoms with Crippen molar-refractivity contribution in [1.82, 2.24) is 9.80 Å². The number of nitrogens with two attached hydrogens (primary N) is 1. The summed E-state index contributed by atoms with van der Waals surface area (Å²) < 4.78 is 0. The Hall–Kier alpha value is -3.46. The number of likely N-dealkylation sites (N-methyl/N-ethyl adjacent to an activating group) is 1. The summed E-state index contributed by atoms with van der Waals surface area (Å²) in [5.74, 6) is -10.4. The molecule has 6 atom stereocenters. The van der Waals surface area contributed by atoms with Gasteiger partial charge < -0.3 is 15.9 Å². The van der Waals surface area contributed by atoms with Crippen LogP contribution < -0.4 is 5.73 Å². The predicted molar refractivity (Wildman–Crippen MR) is 135 cm³/mol. The normalized spacial score (nSPS) is 33.4. The number of amides is 1. The van der Waals surface area contributed by atoms with Crippen LogP contribution in [0.5, 0.6) is 5.75 Å². The molecule has 2 unspecified atom stereocenters. The number of Topliss-reactive ketones (excluding diaryl/α,β-unsaturated/α-hetero) is 4. The molecule has 1 aromatic rings. The number of aromatic hydroxyl groups is 1. The van der Waals surface area contributed by atoms with E-state index in [4.69, 9.17) is 5.73 Å². The summed E-state index contributed by atoms with van der Waals surface area (Å²) in [5, 5.41) is 31.5. The molecular formula is C28H32N4O7. The Morgan fingerprint density at radius 2 is 1.85 bits per heavy atom. The maximum atomic E-state index is 13.9. The van der Waals surface area contributed by atoms with Gasteiger partial charge in [-0.2, -0.15) is 5.26 Å². The van der Waals surface area contributed by atoms with Crippen LogP contribution in [0.25, 0.3) is 0 Å². The van der Waals surface area contributed by atoms with Crippen LogP contribution in [0.15, 0.2) is 12.1 Å². The van der Waals surface area contributed by atoms with Crippen LogP contribution in [0.1, 0.15) is 40.7 Å². The van der Waals surface area contributed by atoms with Crippen molar-refractivity contribution in [1.29, 1.82) is 5.26 Å². The molecule has 1 saturated heterocycles. The van der Waals surface area contributed by atoms with Crippen molar-refractivity contribution < 1.29 is 34.2 Å². The number of nitriles is 1. The summed E-state index contributed by atoms with van der Waals surface area (Å²) in [7, 11) is 3.11. The Morgan fingerprint density at radius 1 is 1.18 bits per heavy atom. The lowest BCUT2D eigenvalue weighted by Gasteiger charge is -2.52. The SMILES string of the molecule is CN(C)[C@@H]1C(=O)C(C(N)=O)C(=O)[C@@]2(O)C(=O)C3C(=O)c4c(O)ccc(CN5CCC(C#N)CC5)c4C[C@H]3C[C@@H]12. The number of phenols is 1. The van der Waals surface area contributed by atoms with Crippen molar-refractivity contribution in [2.75, 3.05) is 27.2 Å². The second kappa shape index (κ2) is 9.62. The molecule has 39 heavy (non-hydrogen) atoms. The van der Waals surface area contributed by atoms with Crippen molar-refractivity contribution in [2.45, 2.75) is 43.9 Å². The lowest BCUT2D eigenvalue weighted by Crippen LogP contribution is -2.74. The molecule has 4 N–H and O–H groups in total. The molecule has 11 nitrogen and oxygen atoms in total. The van der Waals surface area contributed by atoms with Crippen molar-refractivity contribution in [2.24, 2.45) is 35.3 Å². The van der Waals surface area contributed by atoms with Gasteiger partial charge in [-0.25, -0.2) is 0 Å². The second-order valence-electron chi connectivity index (χ2n) is 11.6. The summed E-state index contributed by atoms with van der Waals surface area (Å²) >= 11 is 0. The number of hydrogen-bond acceptors (Lipinski definition) is 10. The van der Waals surface area contributed by atoms with E-state index in [0.29, 0.717) is 12.1 Å². The zero-order chi connectivity index (χ0) is 28.4. The molecule has 3 fully saturated rings. The first-order valence-corrected chi connectivity index (χ1v) is 13.2.